The minimum Gasteiger partial charge on any atom is -0.381 e. The van der Waals surface area contributed by atoms with Crippen LogP contribution in [0, 0.1) is 11.8 Å². The second-order valence-electron chi connectivity index (χ2n) is 6.03. The molecular weight excluding hydrogens is 266 g/mol. The van der Waals surface area contributed by atoms with Gasteiger partial charge in [0.15, 0.2) is 5.96 Å². The van der Waals surface area contributed by atoms with Crippen LogP contribution in [0.3, 0.4) is 0 Å². The molecule has 21 heavy (non-hydrogen) atoms. The third-order valence-electron chi connectivity index (χ3n) is 3.10. The highest BCUT2D eigenvalue weighted by molar-refractivity contribution is 5.79. The van der Waals surface area contributed by atoms with E-state index in [1.54, 1.807) is 0 Å². The zero-order valence-electron chi connectivity index (χ0n) is 14.0. The molecule has 1 rings (SSSR count). The first-order valence-electron chi connectivity index (χ1n) is 8.40. The van der Waals surface area contributed by atoms with Gasteiger partial charge in [-0.3, -0.25) is 4.99 Å². The molecule has 0 aromatic heterocycles. The lowest BCUT2D eigenvalue weighted by molar-refractivity contribution is 0.109. The second-order valence-corrected chi connectivity index (χ2v) is 6.03. The van der Waals surface area contributed by atoms with Crippen molar-refractivity contribution < 1.29 is 9.47 Å². The Morgan fingerprint density at radius 1 is 1.19 bits per heavy atom. The van der Waals surface area contributed by atoms with Crippen LogP contribution in [0.1, 0.15) is 40.0 Å². The van der Waals surface area contributed by atoms with Crippen LogP contribution in [0.2, 0.25) is 0 Å². The highest BCUT2D eigenvalue weighted by Gasteiger charge is 2.20. The Kier molecular flexibility index (Phi) is 10.3. The molecule has 124 valence electrons. The summed E-state index contributed by atoms with van der Waals surface area (Å²) < 4.78 is 11.1. The molecule has 0 radical (unpaired) electrons. The molecule has 0 heterocycles. The molecular formula is C16H33N3O2. The van der Waals surface area contributed by atoms with Crippen molar-refractivity contribution in [3.05, 3.63) is 0 Å². The SMILES string of the molecule is CCNC(=NCCCOCC(C)C)NCCOCC1CC1. The molecule has 1 saturated carbocycles. The number of hydrogen-bond acceptors (Lipinski definition) is 3. The Labute approximate surface area is 129 Å². The van der Waals surface area contributed by atoms with Gasteiger partial charge < -0.3 is 20.1 Å². The van der Waals surface area contributed by atoms with E-state index in [-0.39, 0.29) is 0 Å². The minimum absolute atomic E-state index is 0.600. The van der Waals surface area contributed by atoms with E-state index in [1.165, 1.54) is 12.8 Å². The molecule has 0 spiro atoms. The molecule has 0 aromatic carbocycles. The summed E-state index contributed by atoms with van der Waals surface area (Å²) in [6, 6.07) is 0. The molecule has 0 saturated heterocycles. The van der Waals surface area contributed by atoms with Crippen molar-refractivity contribution in [1.82, 2.24) is 10.6 Å². The maximum Gasteiger partial charge on any atom is 0.191 e. The van der Waals surface area contributed by atoms with Gasteiger partial charge >= 0.3 is 0 Å². The maximum atomic E-state index is 5.60. The zero-order valence-corrected chi connectivity index (χ0v) is 14.0. The van der Waals surface area contributed by atoms with Crippen LogP contribution in [-0.2, 0) is 9.47 Å². The summed E-state index contributed by atoms with van der Waals surface area (Å²) in [4.78, 5) is 4.53. The topological polar surface area (TPSA) is 54.9 Å². The summed E-state index contributed by atoms with van der Waals surface area (Å²) in [5, 5.41) is 6.54. The molecule has 1 fully saturated rings. The fourth-order valence-corrected chi connectivity index (χ4v) is 1.79. The summed E-state index contributed by atoms with van der Waals surface area (Å²) >= 11 is 0. The third-order valence-corrected chi connectivity index (χ3v) is 3.10. The average Bonchev–Trinajstić information content (AvgIpc) is 3.26. The molecule has 5 heteroatoms. The van der Waals surface area contributed by atoms with Gasteiger partial charge in [0.1, 0.15) is 0 Å². The largest absolute Gasteiger partial charge is 0.381 e. The van der Waals surface area contributed by atoms with Gasteiger partial charge in [-0.25, -0.2) is 0 Å². The Morgan fingerprint density at radius 3 is 2.67 bits per heavy atom. The monoisotopic (exact) mass is 299 g/mol. The van der Waals surface area contributed by atoms with Gasteiger partial charge in [-0.05, 0) is 38.0 Å². The smallest absolute Gasteiger partial charge is 0.191 e. The van der Waals surface area contributed by atoms with E-state index in [0.29, 0.717) is 5.92 Å². The number of nitrogens with one attached hydrogen (secondary N) is 2. The van der Waals surface area contributed by atoms with Gasteiger partial charge in [0, 0.05) is 39.5 Å². The van der Waals surface area contributed by atoms with Crippen LogP contribution in [0.4, 0.5) is 0 Å². The molecule has 0 bridgehead atoms. The van der Waals surface area contributed by atoms with E-state index < -0.39 is 0 Å². The van der Waals surface area contributed by atoms with Crippen molar-refractivity contribution in [3.8, 4) is 0 Å². The lowest BCUT2D eigenvalue weighted by Crippen LogP contribution is -2.39. The highest BCUT2D eigenvalue weighted by Crippen LogP contribution is 2.28. The Hall–Kier alpha value is -0.810. The van der Waals surface area contributed by atoms with Crippen molar-refractivity contribution in [1.29, 1.82) is 0 Å². The van der Waals surface area contributed by atoms with E-state index in [2.05, 4.69) is 36.4 Å². The average molecular weight is 299 g/mol. The fraction of sp³-hybridized carbons (Fsp3) is 0.938. The standard InChI is InChI=1S/C16H33N3O2/c1-4-17-16(18-8-5-10-20-12-14(2)3)19-9-11-21-13-15-6-7-15/h14-15H,4-13H2,1-3H3,(H2,17,18,19). The minimum atomic E-state index is 0.600. The molecule has 5 nitrogen and oxygen atoms in total. The van der Waals surface area contributed by atoms with Crippen LogP contribution in [-0.4, -0.2) is 52.0 Å². The Bertz CT molecular complexity index is 279. The first kappa shape index (κ1) is 18.2. The first-order chi connectivity index (χ1) is 10.2. The molecule has 1 aliphatic rings. The van der Waals surface area contributed by atoms with Gasteiger partial charge in [0.2, 0.25) is 0 Å². The summed E-state index contributed by atoms with van der Waals surface area (Å²) in [6.45, 7) is 12.2. The van der Waals surface area contributed by atoms with E-state index >= 15 is 0 Å². The van der Waals surface area contributed by atoms with Gasteiger partial charge in [-0.15, -0.1) is 0 Å². The lowest BCUT2D eigenvalue weighted by Gasteiger charge is -2.11. The number of guanidine groups is 1. The summed E-state index contributed by atoms with van der Waals surface area (Å²) in [6.07, 6.45) is 3.65. The van der Waals surface area contributed by atoms with Crippen LogP contribution >= 0.6 is 0 Å². The molecule has 0 aliphatic heterocycles. The highest BCUT2D eigenvalue weighted by atomic mass is 16.5. The van der Waals surface area contributed by atoms with E-state index in [4.69, 9.17) is 9.47 Å². The molecule has 0 unspecified atom stereocenters. The van der Waals surface area contributed by atoms with Gasteiger partial charge in [-0.1, -0.05) is 13.8 Å². The van der Waals surface area contributed by atoms with Gasteiger partial charge in [0.25, 0.3) is 0 Å². The van der Waals surface area contributed by atoms with Crippen LogP contribution in [0.25, 0.3) is 0 Å². The molecule has 1 aliphatic carbocycles. The number of rotatable bonds is 12. The molecule has 0 atom stereocenters. The second kappa shape index (κ2) is 11.8. The first-order valence-corrected chi connectivity index (χ1v) is 8.40. The predicted molar refractivity (Wildman–Crippen MR) is 87.8 cm³/mol. The summed E-state index contributed by atoms with van der Waals surface area (Å²) in [7, 11) is 0. The number of ether oxygens (including phenoxy) is 2. The quantitative estimate of drug-likeness (QED) is 0.329. The van der Waals surface area contributed by atoms with Crippen LogP contribution in [0.5, 0.6) is 0 Å². The molecule has 2 N–H and O–H groups in total. The van der Waals surface area contributed by atoms with Gasteiger partial charge in [0.05, 0.1) is 6.61 Å². The maximum absolute atomic E-state index is 5.60. The van der Waals surface area contributed by atoms with Crippen molar-refractivity contribution in [2.45, 2.75) is 40.0 Å². The van der Waals surface area contributed by atoms with Crippen LogP contribution in [0.15, 0.2) is 4.99 Å². The Morgan fingerprint density at radius 2 is 2.00 bits per heavy atom. The predicted octanol–water partition coefficient (Wildman–Crippen LogP) is 2.03. The van der Waals surface area contributed by atoms with E-state index in [1.807, 2.05) is 0 Å². The third kappa shape index (κ3) is 11.5. The molecule has 0 aromatic rings. The molecule has 0 amide bonds. The van der Waals surface area contributed by atoms with E-state index in [0.717, 1.165) is 64.4 Å². The zero-order chi connectivity index (χ0) is 15.3. The van der Waals surface area contributed by atoms with Crippen molar-refractivity contribution in [3.63, 3.8) is 0 Å². The van der Waals surface area contributed by atoms with Gasteiger partial charge in [-0.2, -0.15) is 0 Å². The summed E-state index contributed by atoms with van der Waals surface area (Å²) in [5.74, 6) is 2.30. The Balaban J connectivity index is 2.01. The normalized spacial score (nSPS) is 15.5. The summed E-state index contributed by atoms with van der Waals surface area (Å²) in [5.41, 5.74) is 0. The number of nitrogens with zero attached hydrogens (tertiary/aromatic N) is 1. The number of hydrogen-bond donors (Lipinski definition) is 2. The number of aliphatic imine (C=N–C) groups is 1. The fourth-order valence-electron chi connectivity index (χ4n) is 1.79. The van der Waals surface area contributed by atoms with Crippen molar-refractivity contribution in [2.75, 3.05) is 46.1 Å². The lowest BCUT2D eigenvalue weighted by atomic mass is 10.2. The van der Waals surface area contributed by atoms with Crippen molar-refractivity contribution >= 4 is 5.96 Å². The van der Waals surface area contributed by atoms with Crippen LogP contribution < -0.4 is 10.6 Å². The van der Waals surface area contributed by atoms with Crippen molar-refractivity contribution in [2.24, 2.45) is 16.8 Å². The van der Waals surface area contributed by atoms with E-state index in [9.17, 15) is 0 Å².